The molecule has 116 valence electrons. The Morgan fingerprint density at radius 2 is 1.57 bits per heavy atom. The van der Waals surface area contributed by atoms with Crippen LogP contribution in [0.3, 0.4) is 0 Å². The number of benzene rings is 3. The van der Waals surface area contributed by atoms with Crippen LogP contribution in [-0.4, -0.2) is 15.3 Å². The van der Waals surface area contributed by atoms with E-state index < -0.39 is 16.8 Å². The minimum atomic E-state index is -1.04. The van der Waals surface area contributed by atoms with Crippen molar-refractivity contribution in [3.05, 3.63) is 83.4 Å². The molecule has 4 heteroatoms. The topological polar surface area (TPSA) is 54.4 Å². The molecule has 0 saturated carbocycles. The fourth-order valence-corrected chi connectivity index (χ4v) is 3.84. The van der Waals surface area contributed by atoms with E-state index in [1.54, 1.807) is 24.3 Å². The molecule has 3 rings (SSSR count). The first kappa shape index (κ1) is 15.4. The van der Waals surface area contributed by atoms with Gasteiger partial charge in [0.15, 0.2) is 0 Å². The van der Waals surface area contributed by atoms with Crippen LogP contribution in [0, 0.1) is 0 Å². The van der Waals surface area contributed by atoms with Crippen LogP contribution in [-0.2, 0) is 22.3 Å². The average molecular weight is 324 g/mol. The summed E-state index contributed by atoms with van der Waals surface area (Å²) in [6, 6.07) is 20.7. The van der Waals surface area contributed by atoms with Gasteiger partial charge in [-0.3, -0.25) is 4.21 Å². The highest BCUT2D eigenvalue weighted by atomic mass is 32.2. The van der Waals surface area contributed by atoms with E-state index in [9.17, 15) is 9.00 Å². The third kappa shape index (κ3) is 3.66. The Balaban J connectivity index is 1.75. The van der Waals surface area contributed by atoms with E-state index in [4.69, 9.17) is 5.11 Å². The van der Waals surface area contributed by atoms with E-state index in [1.165, 1.54) is 0 Å². The zero-order chi connectivity index (χ0) is 16.2. The fraction of sp³-hybridized carbons (Fsp3) is 0.105. The molecule has 0 aliphatic rings. The van der Waals surface area contributed by atoms with Crippen molar-refractivity contribution in [3.63, 3.8) is 0 Å². The Bertz CT molecular complexity index is 864. The normalized spacial score (nSPS) is 12.2. The van der Waals surface area contributed by atoms with Crippen LogP contribution < -0.4 is 0 Å². The summed E-state index contributed by atoms with van der Waals surface area (Å²) in [5.41, 5.74) is 2.20. The first-order chi connectivity index (χ1) is 11.1. The Morgan fingerprint density at radius 3 is 2.30 bits per heavy atom. The van der Waals surface area contributed by atoms with Crippen molar-refractivity contribution < 1.29 is 14.1 Å². The second-order valence-corrected chi connectivity index (χ2v) is 6.83. The van der Waals surface area contributed by atoms with Crippen molar-refractivity contribution in [1.29, 1.82) is 0 Å². The summed E-state index contributed by atoms with van der Waals surface area (Å²) in [7, 11) is -1.04. The molecule has 0 aliphatic heterocycles. The van der Waals surface area contributed by atoms with Crippen LogP contribution in [0.5, 0.6) is 0 Å². The lowest BCUT2D eigenvalue weighted by Crippen LogP contribution is -2.01. The van der Waals surface area contributed by atoms with Crippen molar-refractivity contribution in [1.82, 2.24) is 0 Å². The molecule has 0 bridgehead atoms. The van der Waals surface area contributed by atoms with Gasteiger partial charge >= 0.3 is 5.97 Å². The molecule has 0 fully saturated rings. The van der Waals surface area contributed by atoms with Gasteiger partial charge in [-0.1, -0.05) is 54.6 Å². The van der Waals surface area contributed by atoms with Crippen molar-refractivity contribution in [2.75, 3.05) is 0 Å². The second-order valence-electron chi connectivity index (χ2n) is 5.37. The summed E-state index contributed by atoms with van der Waals surface area (Å²) in [4.78, 5) is 10.8. The summed E-state index contributed by atoms with van der Waals surface area (Å²) in [6.07, 6.45) is 0. The van der Waals surface area contributed by atoms with Gasteiger partial charge in [0.05, 0.1) is 5.56 Å². The minimum Gasteiger partial charge on any atom is -0.478 e. The summed E-state index contributed by atoms with van der Waals surface area (Å²) >= 11 is 0. The second kappa shape index (κ2) is 6.75. The van der Waals surface area contributed by atoms with E-state index >= 15 is 0 Å². The molecule has 0 heterocycles. The fourth-order valence-electron chi connectivity index (χ4n) is 2.57. The lowest BCUT2D eigenvalue weighted by molar-refractivity contribution is 0.0697. The highest BCUT2D eigenvalue weighted by molar-refractivity contribution is 7.83. The molecule has 1 atom stereocenters. The lowest BCUT2D eigenvalue weighted by Gasteiger charge is -2.07. The quantitative estimate of drug-likeness (QED) is 0.772. The molecule has 3 aromatic carbocycles. The van der Waals surface area contributed by atoms with E-state index in [1.807, 2.05) is 42.5 Å². The smallest absolute Gasteiger partial charge is 0.335 e. The van der Waals surface area contributed by atoms with Crippen LogP contribution in [0.15, 0.2) is 66.7 Å². The zero-order valence-corrected chi connectivity index (χ0v) is 13.3. The van der Waals surface area contributed by atoms with Gasteiger partial charge in [0.25, 0.3) is 0 Å². The summed E-state index contributed by atoms with van der Waals surface area (Å²) in [5, 5.41) is 11.2. The number of fused-ring (bicyclic) bond motifs is 1. The Hall–Kier alpha value is -2.46. The molecular weight excluding hydrogens is 308 g/mol. The number of carboxylic acids is 1. The van der Waals surface area contributed by atoms with Crippen molar-refractivity contribution in [2.45, 2.75) is 11.5 Å². The van der Waals surface area contributed by atoms with Gasteiger partial charge in [-0.25, -0.2) is 4.79 Å². The zero-order valence-electron chi connectivity index (χ0n) is 12.4. The maximum Gasteiger partial charge on any atom is 0.335 e. The molecule has 0 amide bonds. The number of aromatic carboxylic acids is 1. The summed E-state index contributed by atoms with van der Waals surface area (Å²) < 4.78 is 12.4. The molecule has 0 radical (unpaired) electrons. The number of carboxylic acid groups (broad SMARTS) is 1. The third-order valence-electron chi connectivity index (χ3n) is 3.72. The van der Waals surface area contributed by atoms with Gasteiger partial charge in [0, 0.05) is 22.3 Å². The van der Waals surface area contributed by atoms with Crippen LogP contribution in [0.25, 0.3) is 10.8 Å². The highest BCUT2D eigenvalue weighted by Gasteiger charge is 2.08. The van der Waals surface area contributed by atoms with Gasteiger partial charge in [0.1, 0.15) is 0 Å². The number of rotatable bonds is 5. The van der Waals surface area contributed by atoms with Gasteiger partial charge in [0.2, 0.25) is 0 Å². The number of hydrogen-bond acceptors (Lipinski definition) is 2. The molecule has 0 aromatic heterocycles. The standard InChI is InChI=1S/C19H16O3S/c20-19(21)16-10-8-14(9-11-16)12-23(22)13-17-6-3-5-15-4-1-2-7-18(15)17/h1-11H,12-13H2,(H,20,21). The van der Waals surface area contributed by atoms with E-state index in [0.29, 0.717) is 11.5 Å². The Morgan fingerprint density at radius 1 is 0.870 bits per heavy atom. The summed E-state index contributed by atoms with van der Waals surface area (Å²) in [6.45, 7) is 0. The predicted octanol–water partition coefficient (Wildman–Crippen LogP) is 3.99. The van der Waals surface area contributed by atoms with Crippen molar-refractivity contribution in [2.24, 2.45) is 0 Å². The summed E-state index contributed by atoms with van der Waals surface area (Å²) in [5.74, 6) is -0.0426. The maximum absolute atomic E-state index is 12.4. The van der Waals surface area contributed by atoms with Crippen LogP contribution >= 0.6 is 0 Å². The Kier molecular flexibility index (Phi) is 4.53. The molecule has 23 heavy (non-hydrogen) atoms. The van der Waals surface area contributed by atoms with Crippen LogP contribution in [0.2, 0.25) is 0 Å². The van der Waals surface area contributed by atoms with Crippen molar-refractivity contribution >= 4 is 27.5 Å². The SMILES string of the molecule is O=C(O)c1ccc(CS(=O)Cc2cccc3ccccc23)cc1. The Labute approximate surface area is 137 Å². The lowest BCUT2D eigenvalue weighted by atomic mass is 10.1. The predicted molar refractivity (Wildman–Crippen MR) is 92.9 cm³/mol. The maximum atomic E-state index is 12.4. The van der Waals surface area contributed by atoms with Gasteiger partial charge < -0.3 is 5.11 Å². The van der Waals surface area contributed by atoms with Gasteiger partial charge in [-0.05, 0) is 34.0 Å². The minimum absolute atomic E-state index is 0.244. The monoisotopic (exact) mass is 324 g/mol. The van der Waals surface area contributed by atoms with Gasteiger partial charge in [-0.15, -0.1) is 0 Å². The first-order valence-corrected chi connectivity index (χ1v) is 8.76. The van der Waals surface area contributed by atoms with Gasteiger partial charge in [-0.2, -0.15) is 0 Å². The van der Waals surface area contributed by atoms with Crippen molar-refractivity contribution in [3.8, 4) is 0 Å². The van der Waals surface area contributed by atoms with Crippen LogP contribution in [0.1, 0.15) is 21.5 Å². The first-order valence-electron chi connectivity index (χ1n) is 7.27. The third-order valence-corrected chi connectivity index (χ3v) is 5.01. The van der Waals surface area contributed by atoms with E-state index in [0.717, 1.165) is 21.9 Å². The average Bonchev–Trinajstić information content (AvgIpc) is 2.55. The number of carbonyl (C=O) groups is 1. The van der Waals surface area contributed by atoms with Crippen LogP contribution in [0.4, 0.5) is 0 Å². The molecule has 0 aliphatic carbocycles. The molecule has 1 unspecified atom stereocenters. The number of hydrogen-bond donors (Lipinski definition) is 1. The van der Waals surface area contributed by atoms with E-state index in [2.05, 4.69) is 0 Å². The molecule has 0 spiro atoms. The molecule has 1 N–H and O–H groups in total. The molecule has 3 nitrogen and oxygen atoms in total. The molecule has 3 aromatic rings. The van der Waals surface area contributed by atoms with E-state index in [-0.39, 0.29) is 5.56 Å². The molecular formula is C19H16O3S. The highest BCUT2D eigenvalue weighted by Crippen LogP contribution is 2.20. The largest absolute Gasteiger partial charge is 0.478 e. The molecule has 0 saturated heterocycles.